The predicted octanol–water partition coefficient (Wildman–Crippen LogP) is 1.63. The topological polar surface area (TPSA) is 24.5 Å². The monoisotopic (exact) mass is 226 g/mol. The highest BCUT2D eigenvalue weighted by Crippen LogP contribution is 2.29. The highest BCUT2D eigenvalue weighted by Gasteiger charge is 2.35. The fourth-order valence-electron chi connectivity index (χ4n) is 2.95. The van der Waals surface area contributed by atoms with Crippen LogP contribution in [-0.4, -0.2) is 49.3 Å². The number of ether oxygens (including phenoxy) is 1. The molecule has 0 aromatic heterocycles. The summed E-state index contributed by atoms with van der Waals surface area (Å²) >= 11 is 0. The third-order valence-corrected chi connectivity index (χ3v) is 4.13. The Kier molecular flexibility index (Phi) is 4.22. The van der Waals surface area contributed by atoms with E-state index in [1.54, 1.807) is 0 Å². The molecule has 1 saturated carbocycles. The lowest BCUT2D eigenvalue weighted by Crippen LogP contribution is -2.53. The van der Waals surface area contributed by atoms with Gasteiger partial charge in [-0.15, -0.1) is 0 Å². The number of hydrogen-bond donors (Lipinski definition) is 1. The molecule has 0 bridgehead atoms. The second-order valence-electron chi connectivity index (χ2n) is 5.57. The van der Waals surface area contributed by atoms with Crippen LogP contribution in [-0.2, 0) is 4.74 Å². The molecule has 0 aromatic rings. The van der Waals surface area contributed by atoms with Gasteiger partial charge in [0, 0.05) is 31.8 Å². The average Bonchev–Trinajstić information content (AvgIpc) is 2.67. The lowest BCUT2D eigenvalue weighted by molar-refractivity contribution is -0.0388. The third-order valence-electron chi connectivity index (χ3n) is 4.13. The molecule has 2 fully saturated rings. The van der Waals surface area contributed by atoms with Crippen molar-refractivity contribution in [2.45, 2.75) is 63.8 Å². The second kappa shape index (κ2) is 5.48. The summed E-state index contributed by atoms with van der Waals surface area (Å²) in [5, 5.41) is 3.60. The summed E-state index contributed by atoms with van der Waals surface area (Å²) in [5.74, 6) is 0. The van der Waals surface area contributed by atoms with Gasteiger partial charge in [-0.2, -0.15) is 0 Å². The van der Waals surface area contributed by atoms with Gasteiger partial charge in [0.25, 0.3) is 0 Å². The van der Waals surface area contributed by atoms with Gasteiger partial charge in [-0.25, -0.2) is 0 Å². The van der Waals surface area contributed by atoms with E-state index in [2.05, 4.69) is 24.1 Å². The van der Waals surface area contributed by atoms with E-state index in [-0.39, 0.29) is 0 Å². The van der Waals surface area contributed by atoms with Crippen LogP contribution in [0.5, 0.6) is 0 Å². The van der Waals surface area contributed by atoms with Crippen molar-refractivity contribution in [3.63, 3.8) is 0 Å². The van der Waals surface area contributed by atoms with E-state index in [0.717, 1.165) is 12.1 Å². The molecule has 3 nitrogen and oxygen atoms in total. The first kappa shape index (κ1) is 12.3. The Morgan fingerprint density at radius 3 is 2.62 bits per heavy atom. The first-order valence-electron chi connectivity index (χ1n) is 6.72. The van der Waals surface area contributed by atoms with Gasteiger partial charge in [-0.3, -0.25) is 4.90 Å². The molecule has 1 saturated heterocycles. The van der Waals surface area contributed by atoms with Crippen LogP contribution in [0, 0.1) is 0 Å². The summed E-state index contributed by atoms with van der Waals surface area (Å²) in [5.41, 5.74) is 0. The van der Waals surface area contributed by atoms with Gasteiger partial charge in [0.15, 0.2) is 0 Å². The average molecular weight is 226 g/mol. The molecule has 0 aromatic carbocycles. The molecule has 0 amide bonds. The molecule has 1 unspecified atom stereocenters. The first-order valence-corrected chi connectivity index (χ1v) is 6.72. The van der Waals surface area contributed by atoms with Crippen molar-refractivity contribution in [1.82, 2.24) is 10.2 Å². The van der Waals surface area contributed by atoms with Crippen molar-refractivity contribution < 1.29 is 4.74 Å². The smallest absolute Gasteiger partial charge is 0.0601 e. The fraction of sp³-hybridized carbons (Fsp3) is 1.00. The van der Waals surface area contributed by atoms with Crippen LogP contribution in [0.4, 0.5) is 0 Å². The maximum absolute atomic E-state index is 5.37. The molecule has 94 valence electrons. The minimum absolute atomic E-state index is 0.516. The SMILES string of the molecule is COC1CC(N(CC2CCCN2)C(C)C)C1. The summed E-state index contributed by atoms with van der Waals surface area (Å²) in [6, 6.07) is 2.14. The molecule has 1 aliphatic heterocycles. The van der Waals surface area contributed by atoms with Gasteiger partial charge in [-0.1, -0.05) is 0 Å². The van der Waals surface area contributed by atoms with Crippen LogP contribution >= 0.6 is 0 Å². The number of nitrogens with zero attached hydrogens (tertiary/aromatic N) is 1. The van der Waals surface area contributed by atoms with E-state index in [1.807, 2.05) is 7.11 Å². The van der Waals surface area contributed by atoms with Gasteiger partial charge in [0.2, 0.25) is 0 Å². The second-order valence-corrected chi connectivity index (χ2v) is 5.57. The summed E-state index contributed by atoms with van der Waals surface area (Å²) in [6.45, 7) is 7.06. The highest BCUT2D eigenvalue weighted by molar-refractivity contribution is 4.91. The number of hydrogen-bond acceptors (Lipinski definition) is 3. The van der Waals surface area contributed by atoms with Crippen molar-refractivity contribution in [2.24, 2.45) is 0 Å². The summed E-state index contributed by atoms with van der Waals surface area (Å²) in [6.07, 6.45) is 5.66. The van der Waals surface area contributed by atoms with Crippen molar-refractivity contribution >= 4 is 0 Å². The summed E-state index contributed by atoms with van der Waals surface area (Å²) in [7, 11) is 1.83. The van der Waals surface area contributed by atoms with E-state index in [4.69, 9.17) is 4.74 Å². The molecule has 0 radical (unpaired) electrons. The number of nitrogens with one attached hydrogen (secondary N) is 1. The number of methoxy groups -OCH3 is 1. The van der Waals surface area contributed by atoms with Gasteiger partial charge < -0.3 is 10.1 Å². The van der Waals surface area contributed by atoms with Crippen LogP contribution in [0.2, 0.25) is 0 Å². The van der Waals surface area contributed by atoms with Gasteiger partial charge in [0.05, 0.1) is 6.10 Å². The maximum atomic E-state index is 5.37. The Bertz CT molecular complexity index is 208. The Morgan fingerprint density at radius 1 is 1.38 bits per heavy atom. The molecule has 2 aliphatic rings. The molecule has 1 atom stereocenters. The zero-order chi connectivity index (χ0) is 11.5. The molecule has 2 rings (SSSR count). The van der Waals surface area contributed by atoms with E-state index in [9.17, 15) is 0 Å². The van der Waals surface area contributed by atoms with E-state index in [0.29, 0.717) is 12.1 Å². The summed E-state index contributed by atoms with van der Waals surface area (Å²) in [4.78, 5) is 2.67. The standard InChI is InChI=1S/C13H26N2O/c1-10(2)15(9-11-5-4-6-14-11)12-7-13(8-12)16-3/h10-14H,4-9H2,1-3H3. The van der Waals surface area contributed by atoms with E-state index < -0.39 is 0 Å². The number of rotatable bonds is 5. The zero-order valence-electron chi connectivity index (χ0n) is 10.9. The third kappa shape index (κ3) is 2.76. The Hall–Kier alpha value is -0.120. The van der Waals surface area contributed by atoms with E-state index in [1.165, 1.54) is 38.8 Å². The summed E-state index contributed by atoms with van der Waals surface area (Å²) < 4.78 is 5.37. The quantitative estimate of drug-likeness (QED) is 0.771. The minimum atomic E-state index is 0.516. The van der Waals surface area contributed by atoms with Gasteiger partial charge in [-0.05, 0) is 46.1 Å². The normalized spacial score (nSPS) is 34.7. The van der Waals surface area contributed by atoms with Crippen molar-refractivity contribution in [3.8, 4) is 0 Å². The van der Waals surface area contributed by atoms with E-state index >= 15 is 0 Å². The predicted molar refractivity (Wildman–Crippen MR) is 66.7 cm³/mol. The molecule has 16 heavy (non-hydrogen) atoms. The van der Waals surface area contributed by atoms with Crippen LogP contribution in [0.3, 0.4) is 0 Å². The molecule has 1 heterocycles. The minimum Gasteiger partial charge on any atom is -0.381 e. The fourth-order valence-corrected chi connectivity index (χ4v) is 2.95. The van der Waals surface area contributed by atoms with Crippen LogP contribution in [0.25, 0.3) is 0 Å². The van der Waals surface area contributed by atoms with Crippen LogP contribution in [0.1, 0.15) is 39.5 Å². The van der Waals surface area contributed by atoms with Crippen molar-refractivity contribution in [1.29, 1.82) is 0 Å². The molecular weight excluding hydrogens is 200 g/mol. The molecular formula is C13H26N2O. The molecule has 1 N–H and O–H groups in total. The molecule has 0 spiro atoms. The Balaban J connectivity index is 1.81. The Morgan fingerprint density at radius 2 is 2.12 bits per heavy atom. The van der Waals surface area contributed by atoms with Crippen molar-refractivity contribution in [3.05, 3.63) is 0 Å². The largest absolute Gasteiger partial charge is 0.381 e. The lowest BCUT2D eigenvalue weighted by Gasteiger charge is -2.45. The Labute approximate surface area is 99.5 Å². The van der Waals surface area contributed by atoms with Gasteiger partial charge >= 0.3 is 0 Å². The van der Waals surface area contributed by atoms with Gasteiger partial charge in [0.1, 0.15) is 0 Å². The first-order chi connectivity index (χ1) is 7.70. The van der Waals surface area contributed by atoms with Crippen LogP contribution < -0.4 is 5.32 Å². The molecule has 3 heteroatoms. The van der Waals surface area contributed by atoms with Crippen molar-refractivity contribution in [2.75, 3.05) is 20.2 Å². The molecule has 1 aliphatic carbocycles. The highest BCUT2D eigenvalue weighted by atomic mass is 16.5. The maximum Gasteiger partial charge on any atom is 0.0601 e. The lowest BCUT2D eigenvalue weighted by atomic mass is 9.86. The zero-order valence-corrected chi connectivity index (χ0v) is 10.9. The van der Waals surface area contributed by atoms with Crippen LogP contribution in [0.15, 0.2) is 0 Å².